The second-order valence-corrected chi connectivity index (χ2v) is 5.07. The molecule has 0 aliphatic carbocycles. The van der Waals surface area contributed by atoms with Gasteiger partial charge in [-0.2, -0.15) is 0 Å². The van der Waals surface area contributed by atoms with Crippen molar-refractivity contribution in [3.05, 3.63) is 59.2 Å². The number of methoxy groups -OCH3 is 2. The van der Waals surface area contributed by atoms with Crippen LogP contribution >= 0.6 is 0 Å². The number of aryl methyl sites for hydroxylation is 1. The number of nitrogens with one attached hydrogen (secondary N) is 1. The summed E-state index contributed by atoms with van der Waals surface area (Å²) in [6, 6.07) is 12.2. The van der Waals surface area contributed by atoms with E-state index in [-0.39, 0.29) is 6.54 Å². The van der Waals surface area contributed by atoms with Crippen LogP contribution in [0.3, 0.4) is 0 Å². The molecule has 1 amide bonds. The first-order chi connectivity index (χ1) is 11.0. The second kappa shape index (κ2) is 7.45. The van der Waals surface area contributed by atoms with Crippen LogP contribution < -0.4 is 14.8 Å². The normalized spacial score (nSPS) is 10.0. The van der Waals surface area contributed by atoms with Crippen molar-refractivity contribution in [2.45, 2.75) is 13.5 Å². The molecule has 2 rings (SSSR count). The van der Waals surface area contributed by atoms with Gasteiger partial charge in [-0.15, -0.1) is 0 Å². The van der Waals surface area contributed by atoms with Gasteiger partial charge in [-0.1, -0.05) is 35.9 Å². The lowest BCUT2D eigenvalue weighted by atomic mass is 10.1. The van der Waals surface area contributed by atoms with Crippen LogP contribution in [0.1, 0.15) is 21.5 Å². The number of carbonyl (C=O) groups is 2. The summed E-state index contributed by atoms with van der Waals surface area (Å²) < 4.78 is 10.4. The fraction of sp³-hybridized carbons (Fsp3) is 0.222. The summed E-state index contributed by atoms with van der Waals surface area (Å²) in [5.41, 5.74) is 2.22. The van der Waals surface area contributed by atoms with Gasteiger partial charge < -0.3 is 14.8 Å². The lowest BCUT2D eigenvalue weighted by Gasteiger charge is -2.10. The Morgan fingerprint density at radius 1 is 0.957 bits per heavy atom. The Balaban J connectivity index is 2.01. The maximum atomic E-state index is 12.0. The van der Waals surface area contributed by atoms with Crippen molar-refractivity contribution in [3.8, 4) is 11.5 Å². The topological polar surface area (TPSA) is 64.6 Å². The first kappa shape index (κ1) is 16.5. The smallest absolute Gasteiger partial charge is 0.292 e. The number of ether oxygens (including phenoxy) is 2. The van der Waals surface area contributed by atoms with E-state index in [9.17, 15) is 9.59 Å². The van der Waals surface area contributed by atoms with Crippen LogP contribution in [0.5, 0.6) is 11.5 Å². The molecule has 0 spiro atoms. The first-order valence-corrected chi connectivity index (χ1v) is 7.15. The van der Waals surface area contributed by atoms with Crippen molar-refractivity contribution < 1.29 is 19.1 Å². The molecule has 5 nitrogen and oxygen atoms in total. The van der Waals surface area contributed by atoms with Crippen LogP contribution in [0, 0.1) is 6.92 Å². The second-order valence-electron chi connectivity index (χ2n) is 5.07. The van der Waals surface area contributed by atoms with Crippen molar-refractivity contribution in [2.24, 2.45) is 0 Å². The van der Waals surface area contributed by atoms with Crippen molar-refractivity contribution in [2.75, 3.05) is 14.2 Å². The summed E-state index contributed by atoms with van der Waals surface area (Å²) in [5.74, 6) is -0.00321. The SMILES string of the molecule is COc1ccc(CNC(=O)C(=O)c2ccc(C)cc2)cc1OC. The predicted octanol–water partition coefficient (Wildman–Crippen LogP) is 2.51. The maximum Gasteiger partial charge on any atom is 0.292 e. The third-order valence-electron chi connectivity index (χ3n) is 3.42. The van der Waals surface area contributed by atoms with Gasteiger partial charge in [-0.25, -0.2) is 0 Å². The molecule has 0 aromatic heterocycles. The fourth-order valence-electron chi connectivity index (χ4n) is 2.09. The molecule has 1 N–H and O–H groups in total. The number of benzene rings is 2. The summed E-state index contributed by atoms with van der Waals surface area (Å²) in [5, 5.41) is 2.62. The van der Waals surface area contributed by atoms with Crippen LogP contribution in [0.15, 0.2) is 42.5 Å². The Morgan fingerprint density at radius 3 is 2.22 bits per heavy atom. The molecule has 0 unspecified atom stereocenters. The molecular formula is C18H19NO4. The number of ketones is 1. The van der Waals surface area contributed by atoms with Gasteiger partial charge in [-0.05, 0) is 24.6 Å². The molecule has 23 heavy (non-hydrogen) atoms. The molecule has 0 fully saturated rings. The molecule has 0 aliphatic rings. The van der Waals surface area contributed by atoms with Gasteiger partial charge in [0.15, 0.2) is 11.5 Å². The van der Waals surface area contributed by atoms with Gasteiger partial charge in [0.05, 0.1) is 14.2 Å². The molecule has 2 aromatic carbocycles. The van der Waals surface area contributed by atoms with Crippen LogP contribution in [-0.2, 0) is 11.3 Å². The largest absolute Gasteiger partial charge is 0.493 e. The quantitative estimate of drug-likeness (QED) is 0.657. The van der Waals surface area contributed by atoms with Crippen LogP contribution in [0.2, 0.25) is 0 Å². The lowest BCUT2D eigenvalue weighted by Crippen LogP contribution is -2.30. The molecule has 0 radical (unpaired) electrons. The highest BCUT2D eigenvalue weighted by Crippen LogP contribution is 2.27. The Morgan fingerprint density at radius 2 is 1.61 bits per heavy atom. The first-order valence-electron chi connectivity index (χ1n) is 7.15. The van der Waals surface area contributed by atoms with E-state index in [2.05, 4.69) is 5.32 Å². The molecule has 0 saturated carbocycles. The van der Waals surface area contributed by atoms with Crippen LogP contribution in [0.25, 0.3) is 0 Å². The van der Waals surface area contributed by atoms with E-state index >= 15 is 0 Å². The molecule has 0 heterocycles. The van der Waals surface area contributed by atoms with Gasteiger partial charge in [0, 0.05) is 12.1 Å². The van der Waals surface area contributed by atoms with E-state index in [1.807, 2.05) is 6.92 Å². The lowest BCUT2D eigenvalue weighted by molar-refractivity contribution is -0.117. The Labute approximate surface area is 135 Å². The van der Waals surface area contributed by atoms with E-state index < -0.39 is 11.7 Å². The minimum atomic E-state index is -0.636. The predicted molar refractivity (Wildman–Crippen MR) is 86.9 cm³/mol. The summed E-state index contributed by atoms with van der Waals surface area (Å²) in [6.45, 7) is 2.15. The third-order valence-corrected chi connectivity index (χ3v) is 3.42. The van der Waals surface area contributed by atoms with Crippen LogP contribution in [-0.4, -0.2) is 25.9 Å². The molecule has 0 atom stereocenters. The van der Waals surface area contributed by atoms with E-state index in [1.165, 1.54) is 0 Å². The molecule has 120 valence electrons. The van der Waals surface area contributed by atoms with Gasteiger partial charge in [0.25, 0.3) is 5.91 Å². The number of rotatable bonds is 6. The number of hydrogen-bond donors (Lipinski definition) is 1. The molecule has 0 bridgehead atoms. The summed E-state index contributed by atoms with van der Waals surface area (Å²) in [6.07, 6.45) is 0. The maximum absolute atomic E-state index is 12.0. The Hall–Kier alpha value is -2.82. The average Bonchev–Trinajstić information content (AvgIpc) is 2.59. The number of amides is 1. The summed E-state index contributed by atoms with van der Waals surface area (Å²) >= 11 is 0. The zero-order chi connectivity index (χ0) is 16.8. The van der Waals surface area contributed by atoms with Gasteiger partial charge in [0.1, 0.15) is 0 Å². The van der Waals surface area contributed by atoms with Gasteiger partial charge >= 0.3 is 0 Å². The summed E-state index contributed by atoms with van der Waals surface area (Å²) in [4.78, 5) is 24.0. The zero-order valence-electron chi connectivity index (χ0n) is 13.4. The van der Waals surface area contributed by atoms with E-state index in [0.29, 0.717) is 17.1 Å². The average molecular weight is 313 g/mol. The highest BCUT2D eigenvalue weighted by Gasteiger charge is 2.15. The highest BCUT2D eigenvalue weighted by atomic mass is 16.5. The van der Waals surface area contributed by atoms with Gasteiger partial charge in [-0.3, -0.25) is 9.59 Å². The van der Waals surface area contributed by atoms with Crippen LogP contribution in [0.4, 0.5) is 0 Å². The zero-order valence-corrected chi connectivity index (χ0v) is 13.4. The van der Waals surface area contributed by atoms with Crippen molar-refractivity contribution in [3.63, 3.8) is 0 Å². The van der Waals surface area contributed by atoms with Crippen molar-refractivity contribution >= 4 is 11.7 Å². The van der Waals surface area contributed by atoms with Crippen molar-refractivity contribution in [1.29, 1.82) is 0 Å². The van der Waals surface area contributed by atoms with Gasteiger partial charge in [0.2, 0.25) is 5.78 Å². The van der Waals surface area contributed by atoms with E-state index in [4.69, 9.17) is 9.47 Å². The number of carbonyl (C=O) groups excluding carboxylic acids is 2. The van der Waals surface area contributed by atoms with E-state index in [0.717, 1.165) is 11.1 Å². The Kier molecular flexibility index (Phi) is 5.36. The monoisotopic (exact) mass is 313 g/mol. The molecule has 5 heteroatoms. The Bertz CT molecular complexity index is 707. The standard InChI is InChI=1S/C18H19NO4/c1-12-4-7-14(8-5-12)17(20)18(21)19-11-13-6-9-15(22-2)16(10-13)23-3/h4-10H,11H2,1-3H3,(H,19,21). The van der Waals surface area contributed by atoms with E-state index in [1.54, 1.807) is 56.7 Å². The number of hydrogen-bond acceptors (Lipinski definition) is 4. The molecule has 0 saturated heterocycles. The highest BCUT2D eigenvalue weighted by molar-refractivity contribution is 6.42. The third kappa shape index (κ3) is 4.10. The molecular weight excluding hydrogens is 294 g/mol. The number of Topliss-reactive ketones (excluding diaryl/α,β-unsaturated/α-hetero) is 1. The minimum absolute atomic E-state index is 0.233. The van der Waals surface area contributed by atoms with Crippen molar-refractivity contribution in [1.82, 2.24) is 5.32 Å². The molecule has 0 aliphatic heterocycles. The fourth-order valence-corrected chi connectivity index (χ4v) is 2.09. The minimum Gasteiger partial charge on any atom is -0.493 e. The summed E-state index contributed by atoms with van der Waals surface area (Å²) in [7, 11) is 3.10. The molecule has 2 aromatic rings.